The summed E-state index contributed by atoms with van der Waals surface area (Å²) in [6, 6.07) is 3.96. The number of nitro benzene ring substituents is 1. The second kappa shape index (κ2) is 8.89. The molecule has 1 aliphatic rings. The Morgan fingerprint density at radius 3 is 2.79 bits per heavy atom. The first kappa shape index (κ1) is 20.6. The second-order valence-electron chi connectivity index (χ2n) is 7.05. The normalized spacial score (nSPS) is 13.4. The van der Waals surface area contributed by atoms with Gasteiger partial charge in [0.1, 0.15) is 6.54 Å². The Bertz CT molecular complexity index is 974. The number of aromatic nitrogens is 1. The van der Waals surface area contributed by atoms with Crippen LogP contribution in [-0.4, -0.2) is 46.0 Å². The Hall–Kier alpha value is -3.17. The Labute approximate surface area is 166 Å². The van der Waals surface area contributed by atoms with Crippen molar-refractivity contribution in [2.75, 3.05) is 19.7 Å². The number of fused-ring (bicyclic) bond motifs is 1. The largest absolute Gasteiger partial charge is 0.465 e. The van der Waals surface area contributed by atoms with Crippen LogP contribution in [0, 0.1) is 16.0 Å². The molecule has 0 bridgehead atoms. The Balaban J connectivity index is 1.62. The number of carbonyl (C=O) groups excluding carboxylic acids is 2. The summed E-state index contributed by atoms with van der Waals surface area (Å²) >= 11 is 0. The highest BCUT2D eigenvalue weighted by Gasteiger charge is 2.28. The number of nitrogens with zero attached hydrogens (tertiary/aromatic N) is 3. The number of amides is 1. The smallest absolute Gasteiger partial charge is 0.419 e. The first-order valence-corrected chi connectivity index (χ1v) is 9.60. The summed E-state index contributed by atoms with van der Waals surface area (Å²) in [5, 5.41) is 10.8. The van der Waals surface area contributed by atoms with Gasteiger partial charge in [-0.1, -0.05) is 0 Å². The molecule has 29 heavy (non-hydrogen) atoms. The van der Waals surface area contributed by atoms with Crippen molar-refractivity contribution in [1.82, 2.24) is 9.47 Å². The van der Waals surface area contributed by atoms with Crippen molar-refractivity contribution >= 4 is 28.7 Å². The van der Waals surface area contributed by atoms with E-state index in [1.165, 1.54) is 27.7 Å². The zero-order valence-electron chi connectivity index (χ0n) is 16.2. The van der Waals surface area contributed by atoms with E-state index in [-0.39, 0.29) is 43.3 Å². The summed E-state index contributed by atoms with van der Waals surface area (Å²) in [6.07, 6.45) is 2.64. The lowest BCUT2D eigenvalue weighted by Crippen LogP contribution is -2.38. The van der Waals surface area contributed by atoms with Crippen molar-refractivity contribution in [2.45, 2.75) is 39.2 Å². The van der Waals surface area contributed by atoms with Crippen LogP contribution in [0.15, 0.2) is 27.4 Å². The number of ether oxygens (including phenoxy) is 1. The van der Waals surface area contributed by atoms with Crippen LogP contribution in [0.1, 0.15) is 32.6 Å². The van der Waals surface area contributed by atoms with Crippen LogP contribution in [0.2, 0.25) is 0 Å². The van der Waals surface area contributed by atoms with Gasteiger partial charge in [0.05, 0.1) is 23.1 Å². The van der Waals surface area contributed by atoms with Gasteiger partial charge in [0.25, 0.3) is 5.69 Å². The predicted molar refractivity (Wildman–Crippen MR) is 102 cm³/mol. The molecule has 0 aliphatic heterocycles. The molecule has 0 N–H and O–H groups in total. The molecule has 1 heterocycles. The highest BCUT2D eigenvalue weighted by Crippen LogP contribution is 2.30. The van der Waals surface area contributed by atoms with E-state index >= 15 is 0 Å². The summed E-state index contributed by atoms with van der Waals surface area (Å²) in [7, 11) is 0. The number of rotatable bonds is 10. The summed E-state index contributed by atoms with van der Waals surface area (Å²) in [6.45, 7) is 2.68. The maximum absolute atomic E-state index is 12.6. The number of benzene rings is 1. The zero-order valence-corrected chi connectivity index (χ0v) is 16.2. The van der Waals surface area contributed by atoms with Crippen LogP contribution < -0.4 is 5.76 Å². The lowest BCUT2D eigenvalue weighted by atomic mass is 10.2. The van der Waals surface area contributed by atoms with Gasteiger partial charge in [0.2, 0.25) is 5.91 Å². The molecular formula is C19H23N3O7. The van der Waals surface area contributed by atoms with E-state index in [1.807, 2.05) is 0 Å². The van der Waals surface area contributed by atoms with Gasteiger partial charge in [-0.2, -0.15) is 0 Å². The molecule has 10 heteroatoms. The maximum atomic E-state index is 12.6. The molecule has 1 fully saturated rings. The van der Waals surface area contributed by atoms with Gasteiger partial charge in [-0.25, -0.2) is 4.79 Å². The van der Waals surface area contributed by atoms with Crippen LogP contribution in [0.4, 0.5) is 5.69 Å². The van der Waals surface area contributed by atoms with Gasteiger partial charge in [-0.15, -0.1) is 0 Å². The van der Waals surface area contributed by atoms with Crippen LogP contribution in [0.3, 0.4) is 0 Å². The van der Waals surface area contributed by atoms with Crippen molar-refractivity contribution in [1.29, 1.82) is 0 Å². The average Bonchev–Trinajstić information content (AvgIpc) is 3.43. The molecule has 1 saturated carbocycles. The van der Waals surface area contributed by atoms with Crippen molar-refractivity contribution < 1.29 is 23.7 Å². The molecule has 10 nitrogen and oxygen atoms in total. The Morgan fingerprint density at radius 1 is 1.38 bits per heavy atom. The van der Waals surface area contributed by atoms with Gasteiger partial charge in [-0.3, -0.25) is 24.3 Å². The maximum Gasteiger partial charge on any atom is 0.419 e. The number of nitro groups is 1. The van der Waals surface area contributed by atoms with Gasteiger partial charge < -0.3 is 14.1 Å². The fraction of sp³-hybridized carbons (Fsp3) is 0.526. The number of hydrogen-bond donors (Lipinski definition) is 0. The Morgan fingerprint density at radius 2 is 2.14 bits per heavy atom. The minimum absolute atomic E-state index is 0.0680. The average molecular weight is 405 g/mol. The summed E-state index contributed by atoms with van der Waals surface area (Å²) in [5.41, 5.74) is 0.408. The van der Waals surface area contributed by atoms with E-state index in [2.05, 4.69) is 0 Å². The highest BCUT2D eigenvalue weighted by molar-refractivity contribution is 5.82. The van der Waals surface area contributed by atoms with Crippen molar-refractivity contribution in [3.63, 3.8) is 0 Å². The van der Waals surface area contributed by atoms with Crippen LogP contribution in [0.25, 0.3) is 11.1 Å². The van der Waals surface area contributed by atoms with E-state index in [4.69, 9.17) is 9.15 Å². The first-order valence-electron chi connectivity index (χ1n) is 9.60. The molecule has 0 saturated heterocycles. The number of oxazole rings is 1. The minimum Gasteiger partial charge on any atom is -0.465 e. The molecule has 1 aliphatic carbocycles. The number of non-ortho nitro benzene ring substituents is 1. The molecule has 1 aromatic heterocycles. The third-order valence-electron chi connectivity index (χ3n) is 4.79. The number of esters is 1. The van der Waals surface area contributed by atoms with Gasteiger partial charge in [-0.05, 0) is 38.2 Å². The molecule has 0 unspecified atom stereocenters. The lowest BCUT2D eigenvalue weighted by Gasteiger charge is -2.21. The van der Waals surface area contributed by atoms with E-state index in [0.717, 1.165) is 12.8 Å². The zero-order chi connectivity index (χ0) is 21.0. The number of hydrogen-bond acceptors (Lipinski definition) is 7. The van der Waals surface area contributed by atoms with Gasteiger partial charge in [0, 0.05) is 25.6 Å². The predicted octanol–water partition coefficient (Wildman–Crippen LogP) is 2.08. The summed E-state index contributed by atoms with van der Waals surface area (Å²) in [5.74, 6) is -0.791. The van der Waals surface area contributed by atoms with Crippen LogP contribution in [0.5, 0.6) is 0 Å². The molecule has 2 aromatic rings. The standard InChI is InChI=1S/C19H23N3O7/c1-2-28-18(24)12-20(11-13-5-6-13)17(23)4-3-9-21-15-8-7-14(22(26)27)10-16(15)29-19(21)25/h7-8,10,13H,2-6,9,11-12H2,1H3. The van der Waals surface area contributed by atoms with E-state index in [1.54, 1.807) is 6.92 Å². The Kier molecular flexibility index (Phi) is 6.30. The third kappa shape index (κ3) is 5.21. The molecule has 156 valence electrons. The molecule has 1 amide bonds. The fourth-order valence-electron chi connectivity index (χ4n) is 3.16. The van der Waals surface area contributed by atoms with Gasteiger partial charge in [0.15, 0.2) is 5.58 Å². The van der Waals surface area contributed by atoms with Crippen LogP contribution >= 0.6 is 0 Å². The fourth-order valence-corrected chi connectivity index (χ4v) is 3.16. The quantitative estimate of drug-likeness (QED) is 0.337. The lowest BCUT2D eigenvalue weighted by molar-refractivity contribution is -0.384. The van der Waals surface area contributed by atoms with E-state index in [9.17, 15) is 24.5 Å². The molecular weight excluding hydrogens is 382 g/mol. The number of carbonyl (C=O) groups is 2. The molecule has 0 spiro atoms. The number of aryl methyl sites for hydroxylation is 1. The molecule has 1 aromatic carbocycles. The van der Waals surface area contributed by atoms with Gasteiger partial charge >= 0.3 is 11.7 Å². The molecule has 3 rings (SSSR count). The van der Waals surface area contributed by atoms with Crippen molar-refractivity contribution in [2.24, 2.45) is 5.92 Å². The van der Waals surface area contributed by atoms with Crippen molar-refractivity contribution in [3.05, 3.63) is 38.9 Å². The minimum atomic E-state index is -0.630. The van der Waals surface area contributed by atoms with E-state index < -0.39 is 16.6 Å². The van der Waals surface area contributed by atoms with E-state index in [0.29, 0.717) is 24.4 Å². The summed E-state index contributed by atoms with van der Waals surface area (Å²) < 4.78 is 11.4. The third-order valence-corrected chi connectivity index (χ3v) is 4.79. The second-order valence-corrected chi connectivity index (χ2v) is 7.05. The van der Waals surface area contributed by atoms with Crippen molar-refractivity contribution in [3.8, 4) is 0 Å². The summed E-state index contributed by atoms with van der Waals surface area (Å²) in [4.78, 5) is 48.2. The topological polar surface area (TPSA) is 125 Å². The molecule has 0 atom stereocenters. The molecule has 0 radical (unpaired) electrons. The highest BCUT2D eigenvalue weighted by atomic mass is 16.6. The monoisotopic (exact) mass is 405 g/mol. The first-order chi connectivity index (χ1) is 13.9. The SMILES string of the molecule is CCOC(=O)CN(CC1CC1)C(=O)CCCn1c(=O)oc2cc([N+](=O)[O-])ccc21. The van der Waals surface area contributed by atoms with Crippen LogP contribution in [-0.2, 0) is 20.9 Å².